The average molecular weight is 369 g/mol. The Bertz CT molecular complexity index is 829. The van der Waals surface area contributed by atoms with E-state index in [1.54, 1.807) is 29.9 Å². The van der Waals surface area contributed by atoms with Crippen molar-refractivity contribution in [1.29, 1.82) is 0 Å². The first-order chi connectivity index (χ1) is 10.1. The van der Waals surface area contributed by atoms with Gasteiger partial charge < -0.3 is 9.84 Å². The van der Waals surface area contributed by atoms with Gasteiger partial charge in [-0.3, -0.25) is 4.40 Å². The Labute approximate surface area is 131 Å². The highest BCUT2D eigenvalue weighted by atomic mass is 79.9. The zero-order valence-electron chi connectivity index (χ0n) is 10.8. The number of fused-ring (bicyclic) bond motifs is 1. The van der Waals surface area contributed by atoms with E-state index in [0.29, 0.717) is 21.0 Å². The van der Waals surface area contributed by atoms with Crippen LogP contribution < -0.4 is 0 Å². The van der Waals surface area contributed by atoms with Gasteiger partial charge in [0.2, 0.25) is 5.88 Å². The van der Waals surface area contributed by atoms with Gasteiger partial charge in [0.05, 0.1) is 19.0 Å². The molecule has 0 radical (unpaired) electrons. The summed E-state index contributed by atoms with van der Waals surface area (Å²) in [6, 6.07) is 0. The maximum atomic E-state index is 11.7. The van der Waals surface area contributed by atoms with Crippen molar-refractivity contribution >= 4 is 38.9 Å². The highest BCUT2D eigenvalue weighted by molar-refractivity contribution is 9.10. The maximum Gasteiger partial charge on any atom is 0.353 e. The van der Waals surface area contributed by atoms with Crippen LogP contribution in [0.4, 0.5) is 0 Å². The largest absolute Gasteiger partial charge is 0.492 e. The van der Waals surface area contributed by atoms with E-state index in [4.69, 9.17) is 4.74 Å². The van der Waals surface area contributed by atoms with Crippen LogP contribution in [0.1, 0.15) is 16.6 Å². The van der Waals surface area contributed by atoms with Gasteiger partial charge >= 0.3 is 5.97 Å². The Morgan fingerprint density at radius 2 is 2.29 bits per heavy atom. The summed E-state index contributed by atoms with van der Waals surface area (Å²) >= 11 is 4.34. The smallest absolute Gasteiger partial charge is 0.353 e. The van der Waals surface area contributed by atoms with Gasteiger partial charge in [0, 0.05) is 6.20 Å². The van der Waals surface area contributed by atoms with Crippen molar-refractivity contribution in [3.63, 3.8) is 0 Å². The molecule has 0 amide bonds. The molecule has 3 rings (SSSR count). The molecule has 0 saturated carbocycles. The van der Waals surface area contributed by atoms with E-state index in [2.05, 4.69) is 30.9 Å². The summed E-state index contributed by atoms with van der Waals surface area (Å²) in [5, 5.41) is 10.3. The fourth-order valence-corrected chi connectivity index (χ4v) is 2.94. The molecule has 1 N–H and O–H groups in total. The molecule has 0 aliphatic rings. The monoisotopic (exact) mass is 368 g/mol. The second kappa shape index (κ2) is 5.41. The number of carbonyl (C=O) groups is 1. The molecule has 21 heavy (non-hydrogen) atoms. The molecule has 7 nitrogen and oxygen atoms in total. The van der Waals surface area contributed by atoms with Gasteiger partial charge in [-0.1, -0.05) is 0 Å². The van der Waals surface area contributed by atoms with Crippen LogP contribution in [0.3, 0.4) is 0 Å². The predicted molar refractivity (Wildman–Crippen MR) is 79.4 cm³/mol. The van der Waals surface area contributed by atoms with Gasteiger partial charge in [-0.15, -0.1) is 11.3 Å². The lowest BCUT2D eigenvalue weighted by molar-refractivity contribution is 0.0528. The number of hydrogen-bond acceptors (Lipinski definition) is 7. The first-order valence-corrected chi connectivity index (χ1v) is 7.57. The van der Waals surface area contributed by atoms with Crippen LogP contribution in [0.2, 0.25) is 0 Å². The van der Waals surface area contributed by atoms with Crippen LogP contribution in [0.15, 0.2) is 23.2 Å². The van der Waals surface area contributed by atoms with Crippen molar-refractivity contribution in [3.05, 3.63) is 28.1 Å². The second-order valence-corrected chi connectivity index (χ2v) is 5.79. The number of hydrogen-bond donors (Lipinski definition) is 1. The minimum atomic E-state index is -0.588. The molecule has 0 bridgehead atoms. The van der Waals surface area contributed by atoms with Crippen LogP contribution >= 0.6 is 27.3 Å². The minimum absolute atomic E-state index is 0.0786. The summed E-state index contributed by atoms with van der Waals surface area (Å²) in [5.41, 5.74) is 1.30. The predicted octanol–water partition coefficient (Wildman–Crippen LogP) is 2.50. The molecule has 0 atom stereocenters. The Hall–Kier alpha value is -2.00. The van der Waals surface area contributed by atoms with E-state index in [1.807, 2.05) is 0 Å². The van der Waals surface area contributed by atoms with Crippen molar-refractivity contribution in [2.24, 2.45) is 0 Å². The molecule has 0 spiro atoms. The van der Waals surface area contributed by atoms with Crippen molar-refractivity contribution in [2.45, 2.75) is 6.92 Å². The van der Waals surface area contributed by atoms with Crippen LogP contribution in [-0.2, 0) is 4.74 Å². The zero-order valence-corrected chi connectivity index (χ0v) is 13.2. The SMILES string of the molecule is CCOC(=O)c1sc(-c2cnc3cnc(Br)cn23)nc1O. The molecule has 0 aromatic carbocycles. The van der Waals surface area contributed by atoms with E-state index >= 15 is 0 Å². The number of halogens is 1. The second-order valence-electron chi connectivity index (χ2n) is 3.97. The summed E-state index contributed by atoms with van der Waals surface area (Å²) in [6.45, 7) is 1.94. The molecular formula is C12H9BrN4O3S. The molecule has 0 aliphatic heterocycles. The molecule has 3 aromatic heterocycles. The van der Waals surface area contributed by atoms with Crippen molar-refractivity contribution in [2.75, 3.05) is 6.61 Å². The van der Waals surface area contributed by atoms with E-state index in [9.17, 15) is 9.90 Å². The summed E-state index contributed by atoms with van der Waals surface area (Å²) in [7, 11) is 0. The Morgan fingerprint density at radius 1 is 1.48 bits per heavy atom. The maximum absolute atomic E-state index is 11.7. The van der Waals surface area contributed by atoms with Gasteiger partial charge in [0.15, 0.2) is 10.5 Å². The molecule has 0 aliphatic carbocycles. The third-order valence-electron chi connectivity index (χ3n) is 2.65. The van der Waals surface area contributed by atoms with E-state index in [0.717, 1.165) is 11.3 Å². The lowest BCUT2D eigenvalue weighted by Gasteiger charge is -1.98. The number of rotatable bonds is 3. The molecule has 0 unspecified atom stereocenters. The van der Waals surface area contributed by atoms with Crippen molar-refractivity contribution in [1.82, 2.24) is 19.4 Å². The highest BCUT2D eigenvalue weighted by Gasteiger charge is 2.21. The third-order valence-corrected chi connectivity index (χ3v) is 4.11. The lowest BCUT2D eigenvalue weighted by atomic mass is 10.5. The topological polar surface area (TPSA) is 89.6 Å². The third kappa shape index (κ3) is 2.49. The molecule has 3 heterocycles. The van der Waals surface area contributed by atoms with Gasteiger partial charge in [-0.05, 0) is 22.9 Å². The standard InChI is InChI=1S/C12H9BrN4O3S/c1-2-20-12(19)9-10(18)16-11(21-9)6-3-15-8-4-14-7(13)5-17(6)8/h3-5,18H,2H2,1H3. The Morgan fingerprint density at radius 3 is 3.05 bits per heavy atom. The fourth-order valence-electron chi connectivity index (χ4n) is 1.78. The minimum Gasteiger partial charge on any atom is -0.492 e. The van der Waals surface area contributed by atoms with Gasteiger partial charge in [-0.25, -0.2) is 14.8 Å². The first-order valence-electron chi connectivity index (χ1n) is 5.96. The number of carbonyl (C=O) groups excluding carboxylic acids is 1. The van der Waals surface area contributed by atoms with Crippen molar-refractivity contribution < 1.29 is 14.6 Å². The Kier molecular flexibility index (Phi) is 3.60. The van der Waals surface area contributed by atoms with Crippen LogP contribution in [0.5, 0.6) is 5.88 Å². The van der Waals surface area contributed by atoms with Crippen LogP contribution in [0.25, 0.3) is 16.3 Å². The van der Waals surface area contributed by atoms with Gasteiger partial charge in [-0.2, -0.15) is 4.98 Å². The fraction of sp³-hybridized carbons (Fsp3) is 0.167. The highest BCUT2D eigenvalue weighted by Crippen LogP contribution is 2.32. The van der Waals surface area contributed by atoms with E-state index < -0.39 is 5.97 Å². The number of ether oxygens (including phenoxy) is 1. The Balaban J connectivity index is 2.09. The number of nitrogens with zero attached hydrogens (tertiary/aromatic N) is 4. The number of aromatic hydroxyl groups is 1. The number of thiazole rings is 1. The quantitative estimate of drug-likeness (QED) is 0.714. The molecular weight excluding hydrogens is 360 g/mol. The summed E-state index contributed by atoms with van der Waals surface area (Å²) in [4.78, 5) is 24.1. The van der Waals surface area contributed by atoms with Crippen molar-refractivity contribution in [3.8, 4) is 16.6 Å². The average Bonchev–Trinajstić information content (AvgIpc) is 3.02. The van der Waals surface area contributed by atoms with Crippen LogP contribution in [-0.4, -0.2) is 37.0 Å². The molecule has 0 fully saturated rings. The summed E-state index contributed by atoms with van der Waals surface area (Å²) in [5.74, 6) is -0.924. The zero-order chi connectivity index (χ0) is 15.0. The lowest BCUT2D eigenvalue weighted by Crippen LogP contribution is -2.02. The summed E-state index contributed by atoms with van der Waals surface area (Å²) < 4.78 is 7.29. The molecule has 3 aromatic rings. The summed E-state index contributed by atoms with van der Waals surface area (Å²) in [6.07, 6.45) is 4.95. The number of imidazole rings is 1. The van der Waals surface area contributed by atoms with E-state index in [1.165, 1.54) is 0 Å². The van der Waals surface area contributed by atoms with Gasteiger partial charge in [0.1, 0.15) is 15.3 Å². The van der Waals surface area contributed by atoms with Gasteiger partial charge in [0.25, 0.3) is 0 Å². The normalized spacial score (nSPS) is 11.0. The molecule has 9 heteroatoms. The molecule has 108 valence electrons. The molecule has 0 saturated heterocycles. The number of aromatic nitrogens is 4. The van der Waals surface area contributed by atoms with E-state index in [-0.39, 0.29) is 17.4 Å². The van der Waals surface area contributed by atoms with Crippen LogP contribution in [0, 0.1) is 0 Å². The number of esters is 1. The first kappa shape index (κ1) is 14.0.